The molecule has 1 atom stereocenters. The van der Waals surface area contributed by atoms with Crippen molar-refractivity contribution in [1.82, 2.24) is 0 Å². The monoisotopic (exact) mass is 278 g/mol. The minimum absolute atomic E-state index is 0.0798. The van der Waals surface area contributed by atoms with Crippen molar-refractivity contribution in [3.63, 3.8) is 0 Å². The predicted molar refractivity (Wildman–Crippen MR) is 59.9 cm³/mol. The van der Waals surface area contributed by atoms with Gasteiger partial charge < -0.3 is 14.9 Å². The Kier molecular flexibility index (Phi) is 4.77. The van der Waals surface area contributed by atoms with Gasteiger partial charge in [0.15, 0.2) is 6.10 Å². The van der Waals surface area contributed by atoms with Crippen molar-refractivity contribution in [2.45, 2.75) is 25.6 Å². The van der Waals surface area contributed by atoms with Crippen molar-refractivity contribution in [3.05, 3.63) is 29.3 Å². The second-order valence-electron chi connectivity index (χ2n) is 3.83. The van der Waals surface area contributed by atoms with Crippen LogP contribution in [0.3, 0.4) is 0 Å². The molecule has 7 heteroatoms. The van der Waals surface area contributed by atoms with E-state index in [1.54, 1.807) is 6.92 Å². The highest BCUT2D eigenvalue weighted by Crippen LogP contribution is 2.34. The van der Waals surface area contributed by atoms with Crippen molar-refractivity contribution in [1.29, 1.82) is 0 Å². The van der Waals surface area contributed by atoms with Gasteiger partial charge in [-0.15, -0.1) is 0 Å². The molecule has 1 rings (SSSR count). The molecule has 2 N–H and O–H groups in total. The molecule has 0 saturated heterocycles. The first-order chi connectivity index (χ1) is 8.75. The number of phenols is 1. The molecule has 0 fully saturated rings. The van der Waals surface area contributed by atoms with Crippen LogP contribution in [0.4, 0.5) is 13.2 Å². The Hall–Kier alpha value is -1.76. The summed E-state index contributed by atoms with van der Waals surface area (Å²) in [6.45, 7) is 1.63. The summed E-state index contributed by atoms with van der Waals surface area (Å²) in [5, 5.41) is 18.0. The van der Waals surface area contributed by atoms with Gasteiger partial charge in [0.25, 0.3) is 0 Å². The summed E-state index contributed by atoms with van der Waals surface area (Å²) in [5.74, 6) is -1.86. The van der Waals surface area contributed by atoms with Gasteiger partial charge in [-0.1, -0.05) is 6.07 Å². The van der Waals surface area contributed by atoms with Crippen LogP contribution < -0.4 is 0 Å². The van der Waals surface area contributed by atoms with Crippen LogP contribution in [0, 0.1) is 0 Å². The average Bonchev–Trinajstić information content (AvgIpc) is 2.29. The Bertz CT molecular complexity index is 457. The van der Waals surface area contributed by atoms with Crippen LogP contribution in [-0.4, -0.2) is 28.9 Å². The molecule has 0 saturated carbocycles. The maximum absolute atomic E-state index is 12.8. The lowest BCUT2D eigenvalue weighted by atomic mass is 10.0. The van der Waals surface area contributed by atoms with E-state index in [1.165, 1.54) is 0 Å². The summed E-state index contributed by atoms with van der Waals surface area (Å²) in [6.07, 6.45) is -6.43. The van der Waals surface area contributed by atoms with E-state index in [0.717, 1.165) is 12.1 Å². The standard InChI is InChI=1S/C12H13F3O4/c1-2-19-10(11(17)18)5-7-3-4-8(16)6-9(7)12(13,14)15/h3-4,6,10,16H,2,5H2,1H3,(H,17,18). The molecule has 0 amide bonds. The van der Waals surface area contributed by atoms with Crippen molar-refractivity contribution in [2.24, 2.45) is 0 Å². The number of phenolic OH excluding ortho intramolecular Hbond substituents is 1. The number of carboxylic acid groups (broad SMARTS) is 1. The number of benzene rings is 1. The topological polar surface area (TPSA) is 66.8 Å². The molecule has 0 radical (unpaired) electrons. The summed E-state index contributed by atoms with van der Waals surface area (Å²) in [5.41, 5.74) is -1.29. The van der Waals surface area contributed by atoms with Gasteiger partial charge in [-0.3, -0.25) is 0 Å². The summed E-state index contributed by atoms with van der Waals surface area (Å²) in [7, 11) is 0. The van der Waals surface area contributed by atoms with Gasteiger partial charge in [0.2, 0.25) is 0 Å². The highest BCUT2D eigenvalue weighted by atomic mass is 19.4. The quantitative estimate of drug-likeness (QED) is 0.868. The maximum Gasteiger partial charge on any atom is 0.416 e. The summed E-state index contributed by atoms with van der Waals surface area (Å²) in [4.78, 5) is 10.9. The molecule has 0 heterocycles. The smallest absolute Gasteiger partial charge is 0.416 e. The summed E-state index contributed by atoms with van der Waals surface area (Å²) < 4.78 is 43.2. The van der Waals surface area contributed by atoms with Gasteiger partial charge in [0.05, 0.1) is 5.56 Å². The van der Waals surface area contributed by atoms with E-state index in [2.05, 4.69) is 0 Å². The van der Waals surface area contributed by atoms with Crippen molar-refractivity contribution in [2.75, 3.05) is 6.61 Å². The van der Waals surface area contributed by atoms with Crippen molar-refractivity contribution >= 4 is 5.97 Å². The molecule has 19 heavy (non-hydrogen) atoms. The molecule has 0 bridgehead atoms. The molecule has 1 aromatic carbocycles. The van der Waals surface area contributed by atoms with Crippen LogP contribution in [0.1, 0.15) is 18.1 Å². The number of hydrogen-bond donors (Lipinski definition) is 2. The fourth-order valence-electron chi connectivity index (χ4n) is 1.62. The molecule has 0 aliphatic rings. The number of aliphatic carboxylic acids is 1. The van der Waals surface area contributed by atoms with Gasteiger partial charge in [0.1, 0.15) is 5.75 Å². The van der Waals surface area contributed by atoms with Crippen LogP contribution in [0.15, 0.2) is 18.2 Å². The minimum atomic E-state index is -4.66. The van der Waals surface area contributed by atoms with Gasteiger partial charge in [-0.05, 0) is 24.6 Å². The van der Waals surface area contributed by atoms with Gasteiger partial charge in [-0.2, -0.15) is 13.2 Å². The number of alkyl halides is 3. The third-order valence-electron chi connectivity index (χ3n) is 2.45. The lowest BCUT2D eigenvalue weighted by Gasteiger charge is -2.17. The molecule has 1 unspecified atom stereocenters. The first-order valence-electron chi connectivity index (χ1n) is 5.49. The lowest BCUT2D eigenvalue weighted by molar-refractivity contribution is -0.150. The van der Waals surface area contributed by atoms with Gasteiger partial charge >= 0.3 is 12.1 Å². The number of rotatable bonds is 5. The zero-order valence-electron chi connectivity index (χ0n) is 10.1. The first kappa shape index (κ1) is 15.3. The molecule has 106 valence electrons. The van der Waals surface area contributed by atoms with Crippen LogP contribution >= 0.6 is 0 Å². The van der Waals surface area contributed by atoms with E-state index in [4.69, 9.17) is 14.9 Å². The van der Waals surface area contributed by atoms with E-state index in [0.29, 0.717) is 6.07 Å². The van der Waals surface area contributed by atoms with Gasteiger partial charge in [-0.25, -0.2) is 4.79 Å². The van der Waals surface area contributed by atoms with Crippen molar-refractivity contribution in [3.8, 4) is 5.75 Å². The zero-order valence-corrected chi connectivity index (χ0v) is 10.1. The van der Waals surface area contributed by atoms with Crippen LogP contribution in [0.2, 0.25) is 0 Å². The SMILES string of the molecule is CCOC(Cc1ccc(O)cc1C(F)(F)F)C(=O)O. The largest absolute Gasteiger partial charge is 0.508 e. The molecular formula is C12H13F3O4. The van der Waals surface area contributed by atoms with Crippen LogP contribution in [-0.2, 0) is 22.1 Å². The summed E-state index contributed by atoms with van der Waals surface area (Å²) in [6, 6.07) is 2.70. The highest BCUT2D eigenvalue weighted by molar-refractivity contribution is 5.72. The maximum atomic E-state index is 12.8. The number of ether oxygens (including phenoxy) is 1. The fraction of sp³-hybridized carbons (Fsp3) is 0.417. The fourth-order valence-corrected chi connectivity index (χ4v) is 1.62. The Morgan fingerprint density at radius 3 is 2.53 bits per heavy atom. The lowest BCUT2D eigenvalue weighted by Crippen LogP contribution is -2.27. The molecule has 0 aliphatic carbocycles. The Morgan fingerprint density at radius 1 is 1.42 bits per heavy atom. The summed E-state index contributed by atoms with van der Waals surface area (Å²) >= 11 is 0. The Balaban J connectivity index is 3.09. The van der Waals surface area contributed by atoms with Crippen LogP contribution in [0.5, 0.6) is 5.75 Å². The normalized spacial score (nSPS) is 13.3. The number of hydrogen-bond acceptors (Lipinski definition) is 3. The molecular weight excluding hydrogens is 265 g/mol. The molecule has 0 spiro atoms. The predicted octanol–water partition coefficient (Wildman–Crippen LogP) is 2.44. The van der Waals surface area contributed by atoms with E-state index in [9.17, 15) is 18.0 Å². The van der Waals surface area contributed by atoms with E-state index in [1.807, 2.05) is 0 Å². The second-order valence-corrected chi connectivity index (χ2v) is 3.83. The molecule has 0 aliphatic heterocycles. The average molecular weight is 278 g/mol. The number of carbonyl (C=O) groups is 1. The van der Waals surface area contributed by atoms with Gasteiger partial charge in [0, 0.05) is 13.0 Å². The van der Waals surface area contributed by atoms with Crippen molar-refractivity contribution < 1.29 is 32.9 Å². The second kappa shape index (κ2) is 5.92. The van der Waals surface area contributed by atoms with Crippen LogP contribution in [0.25, 0.3) is 0 Å². The first-order valence-corrected chi connectivity index (χ1v) is 5.49. The third-order valence-corrected chi connectivity index (χ3v) is 2.45. The molecule has 1 aromatic rings. The van der Waals surface area contributed by atoms with E-state index >= 15 is 0 Å². The Morgan fingerprint density at radius 2 is 2.05 bits per heavy atom. The molecule has 0 aromatic heterocycles. The highest BCUT2D eigenvalue weighted by Gasteiger charge is 2.35. The molecule has 4 nitrogen and oxygen atoms in total. The number of halogens is 3. The number of carboxylic acids is 1. The van der Waals surface area contributed by atoms with E-state index in [-0.39, 0.29) is 12.2 Å². The zero-order chi connectivity index (χ0) is 14.6. The number of aromatic hydroxyl groups is 1. The minimum Gasteiger partial charge on any atom is -0.508 e. The third kappa shape index (κ3) is 4.13. The van der Waals surface area contributed by atoms with E-state index < -0.39 is 36.0 Å². The Labute approximate surface area is 107 Å².